The zero-order valence-electron chi connectivity index (χ0n) is 23.6. The number of sulfonamides is 1. The number of hydrogen-bond donors (Lipinski definition) is 1. The second-order valence-electron chi connectivity index (χ2n) is 12.8. The Bertz CT molecular complexity index is 1400. The molecule has 2 aromatic carbocycles. The van der Waals surface area contributed by atoms with Gasteiger partial charge in [0.25, 0.3) is 5.91 Å². The van der Waals surface area contributed by atoms with Crippen LogP contribution in [0.4, 0.5) is 5.69 Å². The quantitative estimate of drug-likeness (QED) is 0.383. The van der Waals surface area contributed by atoms with E-state index in [1.165, 1.54) is 30.4 Å². The summed E-state index contributed by atoms with van der Waals surface area (Å²) in [7, 11) is -3.80. The molecule has 1 fully saturated rings. The molecule has 6 nitrogen and oxygen atoms in total. The van der Waals surface area contributed by atoms with Gasteiger partial charge in [-0.1, -0.05) is 43.9 Å². The number of ether oxygens (including phenoxy) is 1. The first-order chi connectivity index (χ1) is 19.1. The summed E-state index contributed by atoms with van der Waals surface area (Å²) in [4.78, 5) is 15.8. The summed E-state index contributed by atoms with van der Waals surface area (Å²) < 4.78 is 35.2. The normalized spacial score (nSPS) is 32.1. The molecule has 216 valence electrons. The van der Waals surface area contributed by atoms with E-state index < -0.39 is 21.2 Å². The summed E-state index contributed by atoms with van der Waals surface area (Å²) in [5, 5.41) is 0.131. The van der Waals surface area contributed by atoms with Crippen LogP contribution in [0.2, 0.25) is 5.02 Å². The van der Waals surface area contributed by atoms with Gasteiger partial charge in [0, 0.05) is 29.1 Å². The number of halogens is 1. The minimum atomic E-state index is -3.80. The van der Waals surface area contributed by atoms with Gasteiger partial charge in [0.2, 0.25) is 10.0 Å². The van der Waals surface area contributed by atoms with Crippen LogP contribution in [0.25, 0.3) is 0 Å². The summed E-state index contributed by atoms with van der Waals surface area (Å²) in [6.07, 6.45) is 9.79. The average Bonchev–Trinajstić information content (AvgIpc) is 3.06. The van der Waals surface area contributed by atoms with E-state index in [0.29, 0.717) is 24.0 Å². The third-order valence-corrected chi connectivity index (χ3v) is 12.5. The van der Waals surface area contributed by atoms with Crippen molar-refractivity contribution in [3.63, 3.8) is 0 Å². The molecule has 0 saturated heterocycles. The fourth-order valence-electron chi connectivity index (χ4n) is 7.49. The number of nitrogens with zero attached hydrogens (tertiary/aromatic N) is 1. The molecule has 2 aromatic rings. The number of benzene rings is 2. The van der Waals surface area contributed by atoms with Gasteiger partial charge in [0.1, 0.15) is 5.75 Å². The number of fused-ring (bicyclic) bond motifs is 4. The van der Waals surface area contributed by atoms with E-state index in [1.54, 1.807) is 13.0 Å². The Morgan fingerprint density at radius 3 is 2.60 bits per heavy atom. The SMILES string of the molecule is CC1CCCCC2CCC2CN2CC3(CCCc4cc(Cl)ccc43)COc3ccc(cc32)C(=O)NS(=O)(=O)C1C. The average molecular weight is 585 g/mol. The molecule has 0 aromatic heterocycles. The zero-order valence-corrected chi connectivity index (χ0v) is 25.2. The molecule has 8 heteroatoms. The molecule has 0 radical (unpaired) electrons. The van der Waals surface area contributed by atoms with Crippen LogP contribution < -0.4 is 14.4 Å². The van der Waals surface area contributed by atoms with E-state index in [2.05, 4.69) is 21.8 Å². The molecule has 1 saturated carbocycles. The first kappa shape index (κ1) is 27.9. The molecule has 4 aliphatic rings. The van der Waals surface area contributed by atoms with Gasteiger partial charge < -0.3 is 9.64 Å². The Kier molecular flexibility index (Phi) is 7.58. The molecule has 40 heavy (non-hydrogen) atoms. The third kappa shape index (κ3) is 5.24. The number of carbonyl (C=O) groups is 1. The fourth-order valence-corrected chi connectivity index (χ4v) is 9.00. The lowest BCUT2D eigenvalue weighted by molar-refractivity contribution is 0.0980. The summed E-state index contributed by atoms with van der Waals surface area (Å²) in [5.74, 6) is 1.47. The van der Waals surface area contributed by atoms with Crippen LogP contribution in [0, 0.1) is 17.8 Å². The summed E-state index contributed by atoms with van der Waals surface area (Å²) in [6, 6.07) is 11.7. The molecule has 2 bridgehead atoms. The second-order valence-corrected chi connectivity index (χ2v) is 15.3. The Hall–Kier alpha value is -2.25. The molecular formula is C32H41ClN2O4S. The van der Waals surface area contributed by atoms with Gasteiger partial charge in [-0.25, -0.2) is 13.1 Å². The van der Waals surface area contributed by atoms with Crippen molar-refractivity contribution in [2.45, 2.75) is 82.3 Å². The Labute approximate surface area is 243 Å². The number of amides is 1. The van der Waals surface area contributed by atoms with Gasteiger partial charge in [0.05, 0.1) is 17.5 Å². The fraction of sp³-hybridized carbons (Fsp3) is 0.594. The topological polar surface area (TPSA) is 75.7 Å². The molecule has 6 rings (SSSR count). The highest BCUT2D eigenvalue weighted by Gasteiger charge is 2.43. The number of aryl methyl sites for hydroxylation is 1. The molecular weight excluding hydrogens is 544 g/mol. The van der Waals surface area contributed by atoms with Crippen LogP contribution >= 0.6 is 11.6 Å². The van der Waals surface area contributed by atoms with Gasteiger partial charge >= 0.3 is 0 Å². The van der Waals surface area contributed by atoms with E-state index >= 15 is 0 Å². The van der Waals surface area contributed by atoms with E-state index in [4.69, 9.17) is 16.3 Å². The third-order valence-electron chi connectivity index (χ3n) is 10.3. The van der Waals surface area contributed by atoms with Crippen LogP contribution in [0.1, 0.15) is 86.7 Å². The van der Waals surface area contributed by atoms with E-state index in [1.807, 2.05) is 25.1 Å². The predicted octanol–water partition coefficient (Wildman–Crippen LogP) is 6.50. The lowest BCUT2D eigenvalue weighted by Crippen LogP contribution is -2.48. The Morgan fingerprint density at radius 1 is 1.00 bits per heavy atom. The lowest BCUT2D eigenvalue weighted by atomic mass is 9.68. The molecule has 2 aliphatic heterocycles. The van der Waals surface area contributed by atoms with E-state index in [-0.39, 0.29) is 11.3 Å². The molecule has 2 aliphatic carbocycles. The number of rotatable bonds is 0. The highest BCUT2D eigenvalue weighted by molar-refractivity contribution is 7.90. The monoisotopic (exact) mass is 584 g/mol. The number of anilines is 1. The maximum atomic E-state index is 13.3. The van der Waals surface area contributed by atoms with Crippen molar-refractivity contribution in [3.05, 3.63) is 58.1 Å². The van der Waals surface area contributed by atoms with E-state index in [0.717, 1.165) is 68.1 Å². The Morgan fingerprint density at radius 2 is 1.80 bits per heavy atom. The van der Waals surface area contributed by atoms with Gasteiger partial charge in [0.15, 0.2) is 0 Å². The van der Waals surface area contributed by atoms with Crippen molar-refractivity contribution in [2.24, 2.45) is 17.8 Å². The maximum Gasteiger partial charge on any atom is 0.264 e. The molecule has 1 spiro atoms. The van der Waals surface area contributed by atoms with Crippen LogP contribution in [-0.2, 0) is 21.9 Å². The molecule has 1 N–H and O–H groups in total. The zero-order chi connectivity index (χ0) is 28.1. The van der Waals surface area contributed by atoms with Crippen LogP contribution in [0.3, 0.4) is 0 Å². The van der Waals surface area contributed by atoms with Crippen molar-refractivity contribution in [3.8, 4) is 5.75 Å². The highest BCUT2D eigenvalue weighted by Crippen LogP contribution is 2.47. The van der Waals surface area contributed by atoms with Crippen LogP contribution in [-0.4, -0.2) is 39.3 Å². The number of hydrogen-bond acceptors (Lipinski definition) is 5. The largest absolute Gasteiger partial charge is 0.490 e. The first-order valence-corrected chi connectivity index (χ1v) is 16.9. The van der Waals surface area contributed by atoms with Crippen LogP contribution in [0.15, 0.2) is 36.4 Å². The first-order valence-electron chi connectivity index (χ1n) is 15.0. The standard InChI is InChI=1S/C32H41ClN2O4S/c1-21-6-3-4-7-23-9-10-26(23)18-35-19-32(15-5-8-24-16-27(33)12-13-28(24)32)20-39-30-14-11-25(17-29(30)35)31(36)34-40(37,38)22(21)2/h11-14,16-17,21-23,26H,3-10,15,18-20H2,1-2H3,(H,34,36). The van der Waals surface area contributed by atoms with Crippen molar-refractivity contribution >= 4 is 33.2 Å². The minimum absolute atomic E-state index is 0.0178. The second kappa shape index (κ2) is 10.9. The maximum absolute atomic E-state index is 13.3. The molecule has 1 amide bonds. The predicted molar refractivity (Wildman–Crippen MR) is 160 cm³/mol. The smallest absolute Gasteiger partial charge is 0.264 e. The van der Waals surface area contributed by atoms with Gasteiger partial charge in [-0.15, -0.1) is 0 Å². The molecule has 5 atom stereocenters. The number of carbonyl (C=O) groups excluding carboxylic acids is 1. The number of nitrogens with one attached hydrogen (secondary N) is 1. The van der Waals surface area contributed by atoms with Crippen LogP contribution in [0.5, 0.6) is 5.75 Å². The van der Waals surface area contributed by atoms with Crippen molar-refractivity contribution in [1.29, 1.82) is 0 Å². The highest BCUT2D eigenvalue weighted by atomic mass is 35.5. The van der Waals surface area contributed by atoms with Crippen molar-refractivity contribution in [1.82, 2.24) is 4.72 Å². The minimum Gasteiger partial charge on any atom is -0.490 e. The van der Waals surface area contributed by atoms with Gasteiger partial charge in [-0.05, 0) is 105 Å². The summed E-state index contributed by atoms with van der Waals surface area (Å²) in [5.41, 5.74) is 3.69. The van der Waals surface area contributed by atoms with E-state index in [9.17, 15) is 13.2 Å². The molecule has 2 heterocycles. The Balaban J connectivity index is 1.40. The molecule has 5 unspecified atom stereocenters. The lowest BCUT2D eigenvalue weighted by Gasteiger charge is -2.44. The summed E-state index contributed by atoms with van der Waals surface area (Å²) in [6.45, 7) is 5.98. The van der Waals surface area contributed by atoms with Crippen molar-refractivity contribution in [2.75, 3.05) is 24.6 Å². The van der Waals surface area contributed by atoms with Gasteiger partial charge in [-0.3, -0.25) is 4.79 Å². The summed E-state index contributed by atoms with van der Waals surface area (Å²) >= 11 is 6.39. The van der Waals surface area contributed by atoms with Crippen molar-refractivity contribution < 1.29 is 17.9 Å². The van der Waals surface area contributed by atoms with Gasteiger partial charge in [-0.2, -0.15) is 0 Å².